The van der Waals surface area contributed by atoms with Crippen LogP contribution in [0.1, 0.15) is 20.7 Å². The van der Waals surface area contributed by atoms with Gasteiger partial charge >= 0.3 is 5.97 Å². The Hall–Kier alpha value is -2.34. The van der Waals surface area contributed by atoms with E-state index in [0.29, 0.717) is 15.8 Å². The maximum atomic E-state index is 11.1. The van der Waals surface area contributed by atoms with Gasteiger partial charge in [-0.15, -0.1) is 0 Å². The number of nitrogens with two attached hydrogens (primary N) is 1. The first-order valence-electron chi connectivity index (χ1n) is 5.58. The van der Waals surface area contributed by atoms with E-state index in [-0.39, 0.29) is 11.3 Å². The molecule has 0 aliphatic carbocycles. The van der Waals surface area contributed by atoms with Gasteiger partial charge in [0.1, 0.15) is 17.1 Å². The van der Waals surface area contributed by atoms with Crippen LogP contribution in [0.4, 0.5) is 0 Å². The van der Waals surface area contributed by atoms with Crippen molar-refractivity contribution in [3.8, 4) is 11.5 Å². The minimum atomic E-state index is -1.09. The molecular weight excluding hydrogens is 326 g/mol. The molecule has 0 saturated heterocycles. The van der Waals surface area contributed by atoms with Gasteiger partial charge in [-0.25, -0.2) is 4.79 Å². The summed E-state index contributed by atoms with van der Waals surface area (Å²) in [5.74, 6) is -0.992. The third-order valence-corrected chi connectivity index (χ3v) is 3.03. The number of ether oxygens (including phenoxy) is 1. The summed E-state index contributed by atoms with van der Waals surface area (Å²) in [6.07, 6.45) is 0. The van der Waals surface area contributed by atoms with Crippen molar-refractivity contribution < 1.29 is 19.4 Å². The summed E-state index contributed by atoms with van der Waals surface area (Å²) in [6, 6.07) is 10.8. The van der Waals surface area contributed by atoms with Gasteiger partial charge in [0.25, 0.3) is 0 Å². The van der Waals surface area contributed by atoms with Crippen molar-refractivity contribution in [2.24, 2.45) is 5.73 Å². The summed E-state index contributed by atoms with van der Waals surface area (Å²) in [7, 11) is 0. The minimum absolute atomic E-state index is 0.0401. The van der Waals surface area contributed by atoms with Crippen LogP contribution in [-0.4, -0.2) is 17.0 Å². The Labute approximate surface area is 123 Å². The van der Waals surface area contributed by atoms with Gasteiger partial charge < -0.3 is 15.6 Å². The zero-order valence-electron chi connectivity index (χ0n) is 10.2. The number of hydrogen-bond acceptors (Lipinski definition) is 3. The Morgan fingerprint density at radius 1 is 1.10 bits per heavy atom. The summed E-state index contributed by atoms with van der Waals surface area (Å²) in [6.45, 7) is 0. The van der Waals surface area contributed by atoms with Crippen molar-refractivity contribution in [2.45, 2.75) is 0 Å². The zero-order valence-corrected chi connectivity index (χ0v) is 11.8. The molecule has 0 heterocycles. The van der Waals surface area contributed by atoms with E-state index in [2.05, 4.69) is 15.9 Å². The monoisotopic (exact) mass is 335 g/mol. The minimum Gasteiger partial charge on any atom is -0.478 e. The van der Waals surface area contributed by atoms with Crippen LogP contribution in [-0.2, 0) is 0 Å². The van der Waals surface area contributed by atoms with E-state index in [1.165, 1.54) is 18.2 Å². The number of carboxylic acids is 1. The van der Waals surface area contributed by atoms with Crippen LogP contribution in [0.5, 0.6) is 11.5 Å². The maximum absolute atomic E-state index is 11.1. The van der Waals surface area contributed by atoms with Crippen molar-refractivity contribution in [3.05, 3.63) is 58.1 Å². The highest BCUT2D eigenvalue weighted by Gasteiger charge is 2.12. The molecule has 0 spiro atoms. The Morgan fingerprint density at radius 2 is 1.75 bits per heavy atom. The van der Waals surface area contributed by atoms with Gasteiger partial charge in [0.2, 0.25) is 5.91 Å². The van der Waals surface area contributed by atoms with Gasteiger partial charge in [0.15, 0.2) is 0 Å². The van der Waals surface area contributed by atoms with Gasteiger partial charge in [-0.1, -0.05) is 15.9 Å². The quantitative estimate of drug-likeness (QED) is 0.898. The number of carboxylic acid groups (broad SMARTS) is 1. The number of hydrogen-bond donors (Lipinski definition) is 2. The Morgan fingerprint density at radius 3 is 2.30 bits per heavy atom. The summed E-state index contributed by atoms with van der Waals surface area (Å²) in [5.41, 5.74) is 5.53. The van der Waals surface area contributed by atoms with Crippen LogP contribution in [0.3, 0.4) is 0 Å². The number of amides is 1. The standard InChI is InChI=1S/C14H10BrNO4/c15-9-3-6-12(11(7-9)14(18)19)20-10-4-1-8(2-5-10)13(16)17/h1-7H,(H2,16,17)(H,18,19). The van der Waals surface area contributed by atoms with E-state index in [9.17, 15) is 9.59 Å². The van der Waals surface area contributed by atoms with Crippen molar-refractivity contribution in [2.75, 3.05) is 0 Å². The van der Waals surface area contributed by atoms with Crippen LogP contribution < -0.4 is 10.5 Å². The number of benzene rings is 2. The highest BCUT2D eigenvalue weighted by Crippen LogP contribution is 2.28. The lowest BCUT2D eigenvalue weighted by Gasteiger charge is -2.09. The second kappa shape index (κ2) is 5.75. The molecule has 2 rings (SSSR count). The second-order valence-corrected chi connectivity index (χ2v) is 4.85. The molecule has 0 saturated carbocycles. The molecule has 0 radical (unpaired) electrons. The van der Waals surface area contributed by atoms with Crippen LogP contribution in [0.2, 0.25) is 0 Å². The molecule has 2 aromatic carbocycles. The Kier molecular flexibility index (Phi) is 4.05. The fourth-order valence-corrected chi connectivity index (χ4v) is 1.93. The lowest BCUT2D eigenvalue weighted by atomic mass is 10.2. The number of aromatic carboxylic acids is 1. The summed E-state index contributed by atoms with van der Waals surface area (Å²) in [4.78, 5) is 22.1. The third kappa shape index (κ3) is 3.16. The number of primary amides is 1. The van der Waals surface area contributed by atoms with E-state index in [4.69, 9.17) is 15.6 Å². The topological polar surface area (TPSA) is 89.6 Å². The molecule has 0 bridgehead atoms. The molecular formula is C14H10BrNO4. The van der Waals surface area contributed by atoms with E-state index in [1.54, 1.807) is 24.3 Å². The molecule has 102 valence electrons. The average molecular weight is 336 g/mol. The first-order valence-corrected chi connectivity index (χ1v) is 6.37. The average Bonchev–Trinajstić information content (AvgIpc) is 2.41. The number of rotatable bonds is 4. The lowest BCUT2D eigenvalue weighted by Crippen LogP contribution is -2.10. The highest BCUT2D eigenvalue weighted by atomic mass is 79.9. The maximum Gasteiger partial charge on any atom is 0.339 e. The van der Waals surface area contributed by atoms with Crippen molar-refractivity contribution in [3.63, 3.8) is 0 Å². The Balaban J connectivity index is 2.30. The summed E-state index contributed by atoms with van der Waals surface area (Å²) in [5, 5.41) is 9.12. The molecule has 0 fully saturated rings. The molecule has 2 aromatic rings. The number of carbonyl (C=O) groups excluding carboxylic acids is 1. The van der Waals surface area contributed by atoms with Crippen molar-refractivity contribution >= 4 is 27.8 Å². The molecule has 5 nitrogen and oxygen atoms in total. The first kappa shape index (κ1) is 14.1. The van der Waals surface area contributed by atoms with E-state index < -0.39 is 11.9 Å². The summed E-state index contributed by atoms with van der Waals surface area (Å²) < 4.78 is 6.15. The number of carbonyl (C=O) groups is 2. The second-order valence-electron chi connectivity index (χ2n) is 3.94. The highest BCUT2D eigenvalue weighted by molar-refractivity contribution is 9.10. The molecule has 0 unspecified atom stereocenters. The van der Waals surface area contributed by atoms with Crippen LogP contribution >= 0.6 is 15.9 Å². The summed E-state index contributed by atoms with van der Waals surface area (Å²) >= 11 is 3.21. The van der Waals surface area contributed by atoms with E-state index in [0.717, 1.165) is 0 Å². The SMILES string of the molecule is NC(=O)c1ccc(Oc2ccc(Br)cc2C(=O)O)cc1. The lowest BCUT2D eigenvalue weighted by molar-refractivity contribution is 0.0694. The molecule has 6 heteroatoms. The van der Waals surface area contributed by atoms with Crippen LogP contribution in [0.25, 0.3) is 0 Å². The fraction of sp³-hybridized carbons (Fsp3) is 0. The molecule has 0 aliphatic rings. The fourth-order valence-electron chi connectivity index (χ4n) is 1.57. The normalized spacial score (nSPS) is 10.1. The van der Waals surface area contributed by atoms with Crippen molar-refractivity contribution in [1.29, 1.82) is 0 Å². The van der Waals surface area contributed by atoms with Gasteiger partial charge in [-0.3, -0.25) is 4.79 Å². The van der Waals surface area contributed by atoms with Crippen LogP contribution in [0, 0.1) is 0 Å². The zero-order chi connectivity index (χ0) is 14.7. The molecule has 20 heavy (non-hydrogen) atoms. The molecule has 0 aromatic heterocycles. The first-order chi connectivity index (χ1) is 9.47. The smallest absolute Gasteiger partial charge is 0.339 e. The van der Waals surface area contributed by atoms with Crippen LogP contribution in [0.15, 0.2) is 46.9 Å². The van der Waals surface area contributed by atoms with Gasteiger partial charge in [-0.2, -0.15) is 0 Å². The van der Waals surface area contributed by atoms with Gasteiger partial charge in [0.05, 0.1) is 0 Å². The predicted molar refractivity (Wildman–Crippen MR) is 76.1 cm³/mol. The largest absolute Gasteiger partial charge is 0.478 e. The molecule has 3 N–H and O–H groups in total. The third-order valence-electron chi connectivity index (χ3n) is 2.54. The molecule has 0 atom stereocenters. The molecule has 1 amide bonds. The van der Waals surface area contributed by atoms with Gasteiger partial charge in [-0.05, 0) is 42.5 Å². The van der Waals surface area contributed by atoms with Crippen molar-refractivity contribution in [1.82, 2.24) is 0 Å². The molecule has 0 aliphatic heterocycles. The van der Waals surface area contributed by atoms with Gasteiger partial charge in [0, 0.05) is 10.0 Å². The van der Waals surface area contributed by atoms with E-state index in [1.807, 2.05) is 0 Å². The Bertz CT molecular complexity index is 667. The van der Waals surface area contributed by atoms with E-state index >= 15 is 0 Å². The number of halogens is 1. The predicted octanol–water partition coefficient (Wildman–Crippen LogP) is 3.04.